The zero-order valence-corrected chi connectivity index (χ0v) is 11.5. The van der Waals surface area contributed by atoms with E-state index in [-0.39, 0.29) is 17.5 Å². The van der Waals surface area contributed by atoms with Gasteiger partial charge in [-0.05, 0) is 40.1 Å². The van der Waals surface area contributed by atoms with Gasteiger partial charge in [0, 0.05) is 6.04 Å². The number of likely N-dealkylation sites (N-methyl/N-ethyl adjacent to an activating group) is 1. The lowest BCUT2D eigenvalue weighted by Crippen LogP contribution is -2.30. The summed E-state index contributed by atoms with van der Waals surface area (Å²) in [7, 11) is 0.131. The fraction of sp³-hybridized carbons (Fsp3) is 0.500. The second kappa shape index (κ2) is 5.62. The fourth-order valence-corrected chi connectivity index (χ4v) is 2.09. The number of benzene rings is 1. The van der Waals surface area contributed by atoms with Crippen molar-refractivity contribution in [2.24, 2.45) is 0 Å². The summed E-state index contributed by atoms with van der Waals surface area (Å²) in [6, 6.07) is 6.68. The van der Waals surface area contributed by atoms with Crippen molar-refractivity contribution in [3.05, 3.63) is 29.8 Å². The van der Waals surface area contributed by atoms with Gasteiger partial charge in [0.25, 0.3) is 10.1 Å². The van der Waals surface area contributed by atoms with Crippen LogP contribution in [0.15, 0.2) is 29.2 Å². The molecule has 0 saturated carbocycles. The summed E-state index contributed by atoms with van der Waals surface area (Å²) >= 11 is 0. The molecule has 0 spiro atoms. The Morgan fingerprint density at radius 2 is 1.76 bits per heavy atom. The van der Waals surface area contributed by atoms with E-state index >= 15 is 0 Å². The van der Waals surface area contributed by atoms with Crippen LogP contribution in [0, 0.1) is 6.92 Å². The number of aryl methyl sites for hydroxylation is 1. The summed E-state index contributed by atoms with van der Waals surface area (Å²) in [5.41, 5.74) is 1.02. The molecule has 0 heterocycles. The highest BCUT2D eigenvalue weighted by atomic mass is 32.2. The maximum absolute atomic E-state index is 11.8. The summed E-state index contributed by atoms with van der Waals surface area (Å²) in [4.78, 5) is 2.11. The summed E-state index contributed by atoms with van der Waals surface area (Å²) in [5, 5.41) is 0. The fourth-order valence-electron chi connectivity index (χ4n) is 1.11. The summed E-state index contributed by atoms with van der Waals surface area (Å²) in [6.07, 6.45) is 0. The highest BCUT2D eigenvalue weighted by Crippen LogP contribution is 2.13. The van der Waals surface area contributed by atoms with Gasteiger partial charge >= 0.3 is 0 Å². The van der Waals surface area contributed by atoms with Crippen LogP contribution in [0.5, 0.6) is 0 Å². The number of nitrogens with zero attached hydrogens (tertiary/aromatic N) is 1. The minimum absolute atomic E-state index is 0.0511. The molecule has 17 heavy (non-hydrogen) atoms. The Labute approximate surface area is 103 Å². The minimum atomic E-state index is -3.63. The Kier molecular flexibility index (Phi) is 4.68. The van der Waals surface area contributed by atoms with Crippen molar-refractivity contribution >= 4 is 10.1 Å². The largest absolute Gasteiger partial charge is 0.304 e. The number of hydrogen-bond acceptors (Lipinski definition) is 4. The molecular weight excluding hydrogens is 238 g/mol. The molecule has 1 atom stereocenters. The maximum Gasteiger partial charge on any atom is 0.297 e. The van der Waals surface area contributed by atoms with E-state index in [4.69, 9.17) is 4.18 Å². The highest BCUT2D eigenvalue weighted by Gasteiger charge is 2.17. The molecule has 0 radical (unpaired) electrons. The van der Waals surface area contributed by atoms with E-state index in [0.29, 0.717) is 0 Å². The van der Waals surface area contributed by atoms with E-state index in [1.807, 2.05) is 32.8 Å². The molecule has 1 aromatic carbocycles. The van der Waals surface area contributed by atoms with Crippen molar-refractivity contribution in [1.29, 1.82) is 0 Å². The third-order valence-corrected chi connectivity index (χ3v) is 3.95. The molecule has 0 unspecified atom stereocenters. The van der Waals surface area contributed by atoms with E-state index in [2.05, 4.69) is 0 Å². The van der Waals surface area contributed by atoms with Gasteiger partial charge in [-0.3, -0.25) is 4.18 Å². The lowest BCUT2D eigenvalue weighted by atomic mass is 10.2. The van der Waals surface area contributed by atoms with Crippen LogP contribution in [0.1, 0.15) is 12.5 Å². The Balaban J connectivity index is 2.72. The van der Waals surface area contributed by atoms with Gasteiger partial charge in [-0.25, -0.2) is 0 Å². The average molecular weight is 257 g/mol. The molecule has 5 heteroatoms. The molecule has 0 aliphatic carbocycles. The van der Waals surface area contributed by atoms with Crippen molar-refractivity contribution in [1.82, 2.24) is 4.90 Å². The summed E-state index contributed by atoms with van der Waals surface area (Å²) in [5.74, 6) is 0. The van der Waals surface area contributed by atoms with Crippen LogP contribution in [-0.2, 0) is 14.3 Å². The van der Waals surface area contributed by atoms with Gasteiger partial charge in [0.2, 0.25) is 0 Å². The molecule has 0 bridgehead atoms. The molecule has 0 N–H and O–H groups in total. The molecule has 96 valence electrons. The topological polar surface area (TPSA) is 46.6 Å². The quantitative estimate of drug-likeness (QED) is 0.753. The van der Waals surface area contributed by atoms with Gasteiger partial charge in [0.05, 0.1) is 11.5 Å². The average Bonchev–Trinajstić information content (AvgIpc) is 2.26. The van der Waals surface area contributed by atoms with E-state index in [9.17, 15) is 8.42 Å². The van der Waals surface area contributed by atoms with Gasteiger partial charge in [-0.2, -0.15) is 8.42 Å². The minimum Gasteiger partial charge on any atom is -0.304 e. The van der Waals surface area contributed by atoms with Crippen LogP contribution in [0.3, 0.4) is 0 Å². The second-order valence-corrected chi connectivity index (χ2v) is 5.98. The first-order valence-corrected chi connectivity index (χ1v) is 6.86. The highest BCUT2D eigenvalue weighted by molar-refractivity contribution is 7.86. The van der Waals surface area contributed by atoms with Crippen LogP contribution < -0.4 is 0 Å². The first kappa shape index (κ1) is 14.2. The van der Waals surface area contributed by atoms with Crippen LogP contribution in [-0.4, -0.2) is 40.1 Å². The molecule has 1 aromatic rings. The molecule has 0 aliphatic heterocycles. The molecule has 1 rings (SSSR count). The van der Waals surface area contributed by atoms with Crippen molar-refractivity contribution in [2.45, 2.75) is 24.8 Å². The second-order valence-electron chi connectivity index (χ2n) is 4.36. The molecule has 4 nitrogen and oxygen atoms in total. The van der Waals surface area contributed by atoms with E-state index in [0.717, 1.165) is 5.56 Å². The van der Waals surface area contributed by atoms with Crippen LogP contribution in [0.25, 0.3) is 0 Å². The third kappa shape index (κ3) is 4.11. The molecule has 0 aliphatic rings. The van der Waals surface area contributed by atoms with Gasteiger partial charge in [-0.15, -0.1) is 0 Å². The monoisotopic (exact) mass is 257 g/mol. The lowest BCUT2D eigenvalue weighted by Gasteiger charge is -2.19. The SMILES string of the molecule is Cc1ccc(S(=O)(=O)OC[C@H](C)N(C)C)cc1. The Morgan fingerprint density at radius 3 is 2.24 bits per heavy atom. The van der Waals surface area contributed by atoms with E-state index in [1.54, 1.807) is 24.3 Å². The standard InChI is InChI=1S/C12H19NO3S/c1-10-5-7-12(8-6-10)17(14,15)16-9-11(2)13(3)4/h5-8,11H,9H2,1-4H3/t11-/m0/s1. The van der Waals surface area contributed by atoms with Crippen molar-refractivity contribution in [3.8, 4) is 0 Å². The van der Waals surface area contributed by atoms with Crippen LogP contribution in [0.2, 0.25) is 0 Å². The summed E-state index contributed by atoms with van der Waals surface area (Å²) < 4.78 is 28.7. The lowest BCUT2D eigenvalue weighted by molar-refractivity contribution is 0.203. The third-order valence-electron chi connectivity index (χ3n) is 2.66. The van der Waals surface area contributed by atoms with Crippen LogP contribution >= 0.6 is 0 Å². The zero-order valence-electron chi connectivity index (χ0n) is 10.7. The van der Waals surface area contributed by atoms with E-state index in [1.165, 1.54) is 0 Å². The van der Waals surface area contributed by atoms with Crippen molar-refractivity contribution in [3.63, 3.8) is 0 Å². The van der Waals surface area contributed by atoms with Gasteiger partial charge in [0.1, 0.15) is 0 Å². The molecular formula is C12H19NO3S. The maximum atomic E-state index is 11.8. The molecule has 0 aromatic heterocycles. The predicted molar refractivity (Wildman–Crippen MR) is 67.5 cm³/mol. The number of hydrogen-bond donors (Lipinski definition) is 0. The summed E-state index contributed by atoms with van der Waals surface area (Å²) in [6.45, 7) is 3.97. The van der Waals surface area contributed by atoms with Crippen molar-refractivity contribution in [2.75, 3.05) is 20.7 Å². The number of rotatable bonds is 5. The Morgan fingerprint density at radius 1 is 1.24 bits per heavy atom. The zero-order chi connectivity index (χ0) is 13.1. The molecule has 0 fully saturated rings. The van der Waals surface area contributed by atoms with Gasteiger partial charge < -0.3 is 4.90 Å². The van der Waals surface area contributed by atoms with Crippen molar-refractivity contribution < 1.29 is 12.6 Å². The normalized spacial score (nSPS) is 13.9. The van der Waals surface area contributed by atoms with E-state index < -0.39 is 10.1 Å². The first-order valence-electron chi connectivity index (χ1n) is 5.45. The smallest absolute Gasteiger partial charge is 0.297 e. The Bertz CT molecular complexity index is 451. The Hall–Kier alpha value is -0.910. The van der Waals surface area contributed by atoms with Crippen LogP contribution in [0.4, 0.5) is 0 Å². The molecule has 0 saturated heterocycles. The van der Waals surface area contributed by atoms with Gasteiger partial charge in [0.15, 0.2) is 0 Å². The first-order chi connectivity index (χ1) is 7.83. The molecule has 0 amide bonds. The van der Waals surface area contributed by atoms with Gasteiger partial charge in [-0.1, -0.05) is 17.7 Å². The predicted octanol–water partition coefficient (Wildman–Crippen LogP) is 1.65.